The number of hydrogen-bond donors (Lipinski definition) is 1. The number of nitrogens with zero attached hydrogens (tertiary/aromatic N) is 4. The van der Waals surface area contributed by atoms with E-state index in [1.54, 1.807) is 0 Å². The summed E-state index contributed by atoms with van der Waals surface area (Å²) in [5.41, 5.74) is 2.64. The highest BCUT2D eigenvalue weighted by Crippen LogP contribution is 2.11. The summed E-state index contributed by atoms with van der Waals surface area (Å²) in [5.74, 6) is 0.0288. The molecule has 1 N–H and O–H groups in total. The van der Waals surface area contributed by atoms with Crippen molar-refractivity contribution in [1.29, 1.82) is 0 Å². The standard InChI is InChI=1S/C17H23N5O/c1-2-5-14-12-16(20-19-14)17(23)22-10-8-21(9-11-22)13-15-6-3-4-7-18-15/h3-4,6-7,12H,2,5,8-11,13H2,1H3,(H,19,20). The molecule has 2 aromatic rings. The fourth-order valence-electron chi connectivity index (χ4n) is 2.86. The van der Waals surface area contributed by atoms with Gasteiger partial charge in [-0.2, -0.15) is 5.10 Å². The number of rotatable bonds is 5. The molecule has 6 nitrogen and oxygen atoms in total. The molecule has 0 unspecified atom stereocenters. The number of piperazine rings is 1. The second-order valence-electron chi connectivity index (χ2n) is 5.92. The van der Waals surface area contributed by atoms with Gasteiger partial charge >= 0.3 is 0 Å². The lowest BCUT2D eigenvalue weighted by Crippen LogP contribution is -2.48. The van der Waals surface area contributed by atoms with Gasteiger partial charge in [-0.15, -0.1) is 0 Å². The Morgan fingerprint density at radius 3 is 2.78 bits per heavy atom. The van der Waals surface area contributed by atoms with Gasteiger partial charge < -0.3 is 4.90 Å². The maximum absolute atomic E-state index is 12.5. The van der Waals surface area contributed by atoms with Gasteiger partial charge in [0.2, 0.25) is 0 Å². The van der Waals surface area contributed by atoms with E-state index in [4.69, 9.17) is 0 Å². The molecule has 1 aliphatic rings. The average Bonchev–Trinajstić information content (AvgIpc) is 3.05. The van der Waals surface area contributed by atoms with Gasteiger partial charge in [0.05, 0.1) is 5.69 Å². The van der Waals surface area contributed by atoms with Crippen LogP contribution in [0.4, 0.5) is 0 Å². The van der Waals surface area contributed by atoms with Crippen molar-refractivity contribution in [2.45, 2.75) is 26.3 Å². The van der Waals surface area contributed by atoms with Gasteiger partial charge in [0.15, 0.2) is 0 Å². The largest absolute Gasteiger partial charge is 0.335 e. The van der Waals surface area contributed by atoms with Crippen molar-refractivity contribution in [2.75, 3.05) is 26.2 Å². The first-order chi connectivity index (χ1) is 11.3. The van der Waals surface area contributed by atoms with Gasteiger partial charge in [0.1, 0.15) is 5.69 Å². The second kappa shape index (κ2) is 7.37. The van der Waals surface area contributed by atoms with Crippen molar-refractivity contribution < 1.29 is 4.79 Å². The monoisotopic (exact) mass is 313 g/mol. The first-order valence-electron chi connectivity index (χ1n) is 8.22. The number of H-pyrrole nitrogens is 1. The van der Waals surface area contributed by atoms with Crippen molar-refractivity contribution in [3.8, 4) is 0 Å². The van der Waals surface area contributed by atoms with E-state index in [2.05, 4.69) is 27.0 Å². The molecule has 6 heteroatoms. The summed E-state index contributed by atoms with van der Waals surface area (Å²) in [5, 5.41) is 7.11. The third-order valence-corrected chi connectivity index (χ3v) is 4.14. The van der Waals surface area contributed by atoms with E-state index >= 15 is 0 Å². The third-order valence-electron chi connectivity index (χ3n) is 4.14. The molecule has 0 aromatic carbocycles. The van der Waals surface area contributed by atoms with E-state index in [0.29, 0.717) is 5.69 Å². The Morgan fingerprint density at radius 2 is 2.09 bits per heavy atom. The lowest BCUT2D eigenvalue weighted by Gasteiger charge is -2.34. The first kappa shape index (κ1) is 15.7. The van der Waals surface area contributed by atoms with E-state index in [9.17, 15) is 4.79 Å². The van der Waals surface area contributed by atoms with E-state index < -0.39 is 0 Å². The van der Waals surface area contributed by atoms with Crippen LogP contribution in [0.15, 0.2) is 30.5 Å². The molecule has 0 saturated carbocycles. The zero-order valence-corrected chi connectivity index (χ0v) is 13.5. The molecular weight excluding hydrogens is 290 g/mol. The minimum atomic E-state index is 0.0288. The molecule has 1 aliphatic heterocycles. The summed E-state index contributed by atoms with van der Waals surface area (Å²) in [4.78, 5) is 21.1. The highest BCUT2D eigenvalue weighted by Gasteiger charge is 2.23. The number of amides is 1. The minimum Gasteiger partial charge on any atom is -0.335 e. The number of pyridine rings is 1. The summed E-state index contributed by atoms with van der Waals surface area (Å²) in [6.07, 6.45) is 3.79. The molecule has 0 radical (unpaired) electrons. The van der Waals surface area contributed by atoms with Gasteiger partial charge in [0, 0.05) is 44.6 Å². The number of carbonyl (C=O) groups excluding carboxylic acids is 1. The minimum absolute atomic E-state index is 0.0288. The van der Waals surface area contributed by atoms with Crippen molar-refractivity contribution in [2.24, 2.45) is 0 Å². The maximum atomic E-state index is 12.5. The molecule has 0 aliphatic carbocycles. The van der Waals surface area contributed by atoms with E-state index in [0.717, 1.165) is 57.0 Å². The zero-order valence-electron chi connectivity index (χ0n) is 13.5. The summed E-state index contributed by atoms with van der Waals surface area (Å²) < 4.78 is 0. The van der Waals surface area contributed by atoms with Gasteiger partial charge in [-0.25, -0.2) is 0 Å². The topological polar surface area (TPSA) is 65.1 Å². The summed E-state index contributed by atoms with van der Waals surface area (Å²) in [7, 11) is 0. The zero-order chi connectivity index (χ0) is 16.1. The van der Waals surface area contributed by atoms with Gasteiger partial charge in [-0.3, -0.25) is 19.8 Å². The normalized spacial score (nSPS) is 15.8. The number of aromatic nitrogens is 3. The Labute approximate surface area is 136 Å². The molecule has 1 amide bonds. The van der Waals surface area contributed by atoms with Crippen molar-refractivity contribution >= 4 is 5.91 Å². The lowest BCUT2D eigenvalue weighted by molar-refractivity contribution is 0.0621. The van der Waals surface area contributed by atoms with E-state index in [1.165, 1.54) is 0 Å². The number of aromatic amines is 1. The molecule has 0 bridgehead atoms. The smallest absolute Gasteiger partial charge is 0.274 e. The third kappa shape index (κ3) is 3.96. The van der Waals surface area contributed by atoms with Crippen LogP contribution in [0.1, 0.15) is 35.2 Å². The molecule has 1 saturated heterocycles. The Kier molecular flexibility index (Phi) is 5.02. The van der Waals surface area contributed by atoms with Crippen LogP contribution in [0.5, 0.6) is 0 Å². The van der Waals surface area contributed by atoms with Crippen LogP contribution < -0.4 is 0 Å². The molecule has 1 fully saturated rings. The first-order valence-corrected chi connectivity index (χ1v) is 8.22. The molecular formula is C17H23N5O. The molecule has 0 spiro atoms. The number of nitrogens with one attached hydrogen (secondary N) is 1. The Balaban J connectivity index is 1.52. The number of carbonyl (C=O) groups is 1. The van der Waals surface area contributed by atoms with Crippen LogP contribution in [0, 0.1) is 0 Å². The Bertz CT molecular complexity index is 631. The summed E-state index contributed by atoms with van der Waals surface area (Å²) in [6.45, 7) is 6.17. The van der Waals surface area contributed by atoms with Gasteiger partial charge in [0.25, 0.3) is 5.91 Å². The quantitative estimate of drug-likeness (QED) is 0.913. The van der Waals surface area contributed by atoms with Crippen LogP contribution >= 0.6 is 0 Å². The molecule has 3 heterocycles. The summed E-state index contributed by atoms with van der Waals surface area (Å²) >= 11 is 0. The molecule has 3 rings (SSSR count). The Morgan fingerprint density at radius 1 is 1.26 bits per heavy atom. The van der Waals surface area contributed by atoms with Crippen LogP contribution in [0.2, 0.25) is 0 Å². The van der Waals surface area contributed by atoms with Gasteiger partial charge in [-0.05, 0) is 24.6 Å². The maximum Gasteiger partial charge on any atom is 0.274 e. The second-order valence-corrected chi connectivity index (χ2v) is 5.92. The van der Waals surface area contributed by atoms with Crippen LogP contribution in [0.3, 0.4) is 0 Å². The predicted molar refractivity (Wildman–Crippen MR) is 88.0 cm³/mol. The van der Waals surface area contributed by atoms with E-state index in [1.807, 2.05) is 35.4 Å². The number of aryl methyl sites for hydroxylation is 1. The molecule has 23 heavy (non-hydrogen) atoms. The molecule has 2 aromatic heterocycles. The van der Waals surface area contributed by atoms with Gasteiger partial charge in [-0.1, -0.05) is 19.4 Å². The van der Waals surface area contributed by atoms with Crippen molar-refractivity contribution in [1.82, 2.24) is 25.0 Å². The number of hydrogen-bond acceptors (Lipinski definition) is 4. The Hall–Kier alpha value is -2.21. The average molecular weight is 313 g/mol. The highest BCUT2D eigenvalue weighted by molar-refractivity contribution is 5.92. The van der Waals surface area contributed by atoms with Crippen LogP contribution in [-0.4, -0.2) is 57.1 Å². The summed E-state index contributed by atoms with van der Waals surface area (Å²) in [6, 6.07) is 7.85. The SMILES string of the molecule is CCCc1cc(C(=O)N2CCN(Cc3ccccn3)CC2)n[nH]1. The fourth-order valence-corrected chi connectivity index (χ4v) is 2.86. The van der Waals surface area contributed by atoms with E-state index in [-0.39, 0.29) is 5.91 Å². The van der Waals surface area contributed by atoms with Crippen molar-refractivity contribution in [3.63, 3.8) is 0 Å². The molecule has 122 valence electrons. The van der Waals surface area contributed by atoms with Crippen LogP contribution in [-0.2, 0) is 13.0 Å². The fraction of sp³-hybridized carbons (Fsp3) is 0.471. The molecule has 0 atom stereocenters. The highest BCUT2D eigenvalue weighted by atomic mass is 16.2. The predicted octanol–water partition coefficient (Wildman–Crippen LogP) is 1.72. The van der Waals surface area contributed by atoms with Crippen LogP contribution in [0.25, 0.3) is 0 Å². The van der Waals surface area contributed by atoms with Crippen molar-refractivity contribution in [3.05, 3.63) is 47.5 Å². The lowest BCUT2D eigenvalue weighted by atomic mass is 10.2.